The number of imidazole rings is 1. The number of carbonyl (C=O) groups excluding carboxylic acids is 1. The molecule has 1 atom stereocenters. The van der Waals surface area contributed by atoms with Crippen LogP contribution in [0.5, 0.6) is 0 Å². The molecule has 0 aromatic carbocycles. The molecule has 1 aromatic heterocycles. The molecule has 0 bridgehead atoms. The number of fused-ring (bicyclic) bond motifs is 1. The smallest absolute Gasteiger partial charge is 0.226 e. The van der Waals surface area contributed by atoms with Crippen molar-refractivity contribution < 1.29 is 13.2 Å². The Balaban J connectivity index is 2.16. The first-order valence-electron chi connectivity index (χ1n) is 8.09. The van der Waals surface area contributed by atoms with Gasteiger partial charge in [-0.3, -0.25) is 4.79 Å². The van der Waals surface area contributed by atoms with Gasteiger partial charge >= 0.3 is 0 Å². The quantitative estimate of drug-likeness (QED) is 0.838. The maximum absolute atomic E-state index is 12.3. The van der Waals surface area contributed by atoms with Crippen LogP contribution >= 0.6 is 0 Å². The number of sulfonamides is 1. The highest BCUT2D eigenvalue weighted by Gasteiger charge is 2.33. The summed E-state index contributed by atoms with van der Waals surface area (Å²) in [4.78, 5) is 16.4. The molecule has 0 spiro atoms. The van der Waals surface area contributed by atoms with E-state index in [9.17, 15) is 13.2 Å². The third kappa shape index (κ3) is 4.11. The van der Waals surface area contributed by atoms with Crippen LogP contribution in [-0.4, -0.2) is 46.5 Å². The molecule has 130 valence electrons. The number of aromatic nitrogens is 2. The van der Waals surface area contributed by atoms with Crippen LogP contribution in [0.25, 0.3) is 0 Å². The number of hydrogen-bond acceptors (Lipinski definition) is 4. The fourth-order valence-electron chi connectivity index (χ4n) is 2.91. The Labute approximate surface area is 138 Å². The second-order valence-electron chi connectivity index (χ2n) is 6.29. The van der Waals surface area contributed by atoms with Crippen molar-refractivity contribution in [1.82, 2.24) is 19.2 Å². The van der Waals surface area contributed by atoms with Gasteiger partial charge < -0.3 is 9.88 Å². The molecular weight excluding hydrogens is 316 g/mol. The van der Waals surface area contributed by atoms with E-state index in [0.717, 1.165) is 0 Å². The summed E-state index contributed by atoms with van der Waals surface area (Å²) in [6.07, 6.45) is 2.67. The van der Waals surface area contributed by atoms with Crippen LogP contribution in [-0.2, 0) is 27.8 Å². The second kappa shape index (κ2) is 7.00. The zero-order valence-corrected chi connectivity index (χ0v) is 15.1. The van der Waals surface area contributed by atoms with E-state index in [-0.39, 0.29) is 30.2 Å². The molecule has 1 aromatic rings. The van der Waals surface area contributed by atoms with Gasteiger partial charge in [0.25, 0.3) is 0 Å². The lowest BCUT2D eigenvalue weighted by Gasteiger charge is -2.32. The maximum Gasteiger partial charge on any atom is 0.226 e. The Hall–Kier alpha value is -1.41. The highest BCUT2D eigenvalue weighted by molar-refractivity contribution is 7.89. The summed E-state index contributed by atoms with van der Waals surface area (Å²) < 4.78 is 28.2. The van der Waals surface area contributed by atoms with Crippen LogP contribution in [0.3, 0.4) is 0 Å². The molecule has 0 aliphatic carbocycles. The summed E-state index contributed by atoms with van der Waals surface area (Å²) in [5, 5.41) is 2.84. The third-order valence-electron chi connectivity index (χ3n) is 3.83. The van der Waals surface area contributed by atoms with Crippen molar-refractivity contribution in [3.63, 3.8) is 0 Å². The maximum atomic E-state index is 12.3. The lowest BCUT2D eigenvalue weighted by molar-refractivity contribution is -0.120. The van der Waals surface area contributed by atoms with E-state index in [1.165, 1.54) is 4.31 Å². The Morgan fingerprint density at radius 3 is 2.74 bits per heavy atom. The molecule has 1 aliphatic rings. The van der Waals surface area contributed by atoms with Crippen LogP contribution in [0.15, 0.2) is 6.20 Å². The number of nitrogens with zero attached hydrogens (tertiary/aromatic N) is 3. The van der Waals surface area contributed by atoms with Crippen LogP contribution in [0.1, 0.15) is 51.7 Å². The average molecular weight is 342 g/mol. The zero-order valence-electron chi connectivity index (χ0n) is 14.2. The molecule has 2 rings (SSSR count). The zero-order chi connectivity index (χ0) is 17.2. The lowest BCUT2D eigenvalue weighted by atomic mass is 10.2. The van der Waals surface area contributed by atoms with E-state index in [1.807, 2.05) is 38.5 Å². The van der Waals surface area contributed by atoms with E-state index < -0.39 is 10.0 Å². The van der Waals surface area contributed by atoms with Gasteiger partial charge in [-0.2, -0.15) is 4.31 Å². The molecule has 0 unspecified atom stereocenters. The summed E-state index contributed by atoms with van der Waals surface area (Å²) in [6.45, 7) is 8.55. The molecular formula is C15H26N4O3S. The molecule has 1 aliphatic heterocycles. The summed E-state index contributed by atoms with van der Waals surface area (Å²) in [5.74, 6) is 0.795. The molecule has 23 heavy (non-hydrogen) atoms. The van der Waals surface area contributed by atoms with Crippen molar-refractivity contribution in [3.8, 4) is 0 Å². The van der Waals surface area contributed by atoms with Gasteiger partial charge in [-0.05, 0) is 27.2 Å². The first kappa shape index (κ1) is 17.9. The second-order valence-corrected chi connectivity index (χ2v) is 8.33. The van der Waals surface area contributed by atoms with Crippen LogP contribution in [0, 0.1) is 0 Å². The molecule has 2 heterocycles. The number of rotatable bonds is 6. The predicted molar refractivity (Wildman–Crippen MR) is 88.4 cm³/mol. The van der Waals surface area contributed by atoms with Crippen molar-refractivity contribution in [2.75, 3.05) is 12.3 Å². The predicted octanol–water partition coefficient (Wildman–Crippen LogP) is 1.07. The molecule has 0 radical (unpaired) electrons. The first-order valence-corrected chi connectivity index (χ1v) is 9.70. The standard InChI is InChI=1S/C15H26N4O3S/c1-5-8-23(21,22)19-7-6-18-10-13(17-15(18)12(19)4)9-14(20)16-11(2)3/h10-12H,5-9H2,1-4H3,(H,16,20)/t12-/m0/s1. The minimum absolute atomic E-state index is 0.0708. The van der Waals surface area contributed by atoms with Gasteiger partial charge in [0.1, 0.15) is 5.82 Å². The molecule has 1 amide bonds. The Morgan fingerprint density at radius 2 is 2.13 bits per heavy atom. The summed E-state index contributed by atoms with van der Waals surface area (Å²) in [7, 11) is -3.25. The minimum atomic E-state index is -3.25. The topological polar surface area (TPSA) is 84.3 Å². The van der Waals surface area contributed by atoms with Gasteiger partial charge in [0, 0.05) is 25.3 Å². The van der Waals surface area contributed by atoms with Crippen molar-refractivity contribution >= 4 is 15.9 Å². The molecule has 8 heteroatoms. The molecule has 0 saturated carbocycles. The van der Waals surface area contributed by atoms with Crippen molar-refractivity contribution in [1.29, 1.82) is 0 Å². The van der Waals surface area contributed by atoms with Crippen molar-refractivity contribution in [2.45, 2.75) is 59.2 Å². The Morgan fingerprint density at radius 1 is 1.43 bits per heavy atom. The van der Waals surface area contributed by atoms with Gasteiger partial charge in [0.2, 0.25) is 15.9 Å². The van der Waals surface area contributed by atoms with E-state index in [4.69, 9.17) is 0 Å². The highest BCUT2D eigenvalue weighted by atomic mass is 32.2. The van der Waals surface area contributed by atoms with E-state index in [1.54, 1.807) is 0 Å². The fraction of sp³-hybridized carbons (Fsp3) is 0.733. The lowest BCUT2D eigenvalue weighted by Crippen LogP contribution is -2.42. The van der Waals surface area contributed by atoms with Gasteiger partial charge in [-0.1, -0.05) is 6.92 Å². The van der Waals surface area contributed by atoms with Crippen LogP contribution < -0.4 is 5.32 Å². The normalized spacial score (nSPS) is 18.9. The monoisotopic (exact) mass is 342 g/mol. The molecule has 7 nitrogen and oxygen atoms in total. The van der Waals surface area contributed by atoms with Crippen molar-refractivity contribution in [3.05, 3.63) is 17.7 Å². The Bertz CT molecular complexity index is 666. The summed E-state index contributed by atoms with van der Waals surface area (Å²) >= 11 is 0. The number of hydrogen-bond donors (Lipinski definition) is 1. The van der Waals surface area contributed by atoms with Gasteiger partial charge in [0.15, 0.2) is 0 Å². The third-order valence-corrected chi connectivity index (χ3v) is 5.97. The average Bonchev–Trinajstić information content (AvgIpc) is 2.80. The van der Waals surface area contributed by atoms with E-state index in [2.05, 4.69) is 10.3 Å². The molecule has 0 fully saturated rings. The number of nitrogens with one attached hydrogen (secondary N) is 1. The Kier molecular flexibility index (Phi) is 5.46. The minimum Gasteiger partial charge on any atom is -0.354 e. The van der Waals surface area contributed by atoms with Gasteiger partial charge in [0.05, 0.1) is 23.9 Å². The van der Waals surface area contributed by atoms with E-state index >= 15 is 0 Å². The molecule has 1 N–H and O–H groups in total. The fourth-order valence-corrected chi connectivity index (χ4v) is 4.59. The summed E-state index contributed by atoms with van der Waals surface area (Å²) in [6, 6.07) is -0.212. The summed E-state index contributed by atoms with van der Waals surface area (Å²) in [5.41, 5.74) is 0.680. The van der Waals surface area contributed by atoms with Gasteiger partial charge in [-0.15, -0.1) is 0 Å². The largest absolute Gasteiger partial charge is 0.354 e. The van der Waals surface area contributed by atoms with Crippen LogP contribution in [0.2, 0.25) is 0 Å². The van der Waals surface area contributed by atoms with Crippen LogP contribution in [0.4, 0.5) is 0 Å². The highest BCUT2D eigenvalue weighted by Crippen LogP contribution is 2.27. The first-order chi connectivity index (χ1) is 10.7. The number of amides is 1. The molecule has 0 saturated heterocycles. The van der Waals surface area contributed by atoms with E-state index in [0.29, 0.717) is 31.0 Å². The number of carbonyl (C=O) groups is 1. The van der Waals surface area contributed by atoms with Crippen molar-refractivity contribution in [2.24, 2.45) is 0 Å². The van der Waals surface area contributed by atoms with Gasteiger partial charge in [-0.25, -0.2) is 13.4 Å². The SMILES string of the molecule is CCCS(=O)(=O)N1CCn2cc(CC(=O)NC(C)C)nc2[C@@H]1C.